The van der Waals surface area contributed by atoms with Crippen molar-refractivity contribution in [3.63, 3.8) is 0 Å². The molecule has 0 aromatic heterocycles. The van der Waals surface area contributed by atoms with Crippen LogP contribution in [0.2, 0.25) is 0 Å². The van der Waals surface area contributed by atoms with Crippen molar-refractivity contribution in [2.24, 2.45) is 11.8 Å². The number of ketones is 1. The summed E-state index contributed by atoms with van der Waals surface area (Å²) < 4.78 is 0. The number of aliphatic hydroxyl groups is 1. The molecule has 132 valence electrons. The van der Waals surface area contributed by atoms with E-state index in [0.29, 0.717) is 18.6 Å². The van der Waals surface area contributed by atoms with Crippen LogP contribution in [-0.2, 0) is 9.59 Å². The fourth-order valence-corrected chi connectivity index (χ4v) is 3.33. The maximum absolute atomic E-state index is 12.0. The van der Waals surface area contributed by atoms with E-state index in [4.69, 9.17) is 5.11 Å². The molecule has 2 N–H and O–H groups in total. The summed E-state index contributed by atoms with van der Waals surface area (Å²) >= 11 is 0. The zero-order chi connectivity index (χ0) is 17.1. The van der Waals surface area contributed by atoms with Gasteiger partial charge in [-0.2, -0.15) is 0 Å². The Balaban J connectivity index is 2.32. The van der Waals surface area contributed by atoms with Gasteiger partial charge in [0.1, 0.15) is 5.78 Å². The van der Waals surface area contributed by atoms with Crippen LogP contribution < -0.4 is 0 Å². The minimum atomic E-state index is -0.750. The number of Topliss-reactive ketones (excluding diaryl/α,β-unsaturated/α-hetero) is 1. The smallest absolute Gasteiger partial charge is 0.303 e. The van der Waals surface area contributed by atoms with E-state index in [1.165, 1.54) is 0 Å². The van der Waals surface area contributed by atoms with Crippen LogP contribution in [0.15, 0.2) is 12.2 Å². The molecule has 0 aromatic carbocycles. The Morgan fingerprint density at radius 2 is 2.04 bits per heavy atom. The molecule has 0 heterocycles. The largest absolute Gasteiger partial charge is 0.481 e. The molecule has 0 radical (unpaired) electrons. The summed E-state index contributed by atoms with van der Waals surface area (Å²) in [6.45, 7) is 2.15. The predicted molar refractivity (Wildman–Crippen MR) is 91.2 cm³/mol. The van der Waals surface area contributed by atoms with Crippen LogP contribution in [0.3, 0.4) is 0 Å². The summed E-state index contributed by atoms with van der Waals surface area (Å²) in [6, 6.07) is 0. The number of carbonyl (C=O) groups excluding carboxylic acids is 1. The van der Waals surface area contributed by atoms with Gasteiger partial charge in [-0.3, -0.25) is 9.59 Å². The summed E-state index contributed by atoms with van der Waals surface area (Å²) in [5.74, 6) is -0.0973. The van der Waals surface area contributed by atoms with Gasteiger partial charge in [-0.1, -0.05) is 51.2 Å². The van der Waals surface area contributed by atoms with Crippen molar-refractivity contribution in [2.75, 3.05) is 0 Å². The number of allylic oxidation sites excluding steroid dienone is 1. The molecular weight excluding hydrogens is 292 g/mol. The second-order valence-electron chi connectivity index (χ2n) is 6.72. The number of aliphatic carboxylic acids is 1. The Hall–Kier alpha value is -1.16. The lowest BCUT2D eigenvalue weighted by atomic mass is 9.89. The molecule has 4 nitrogen and oxygen atoms in total. The normalized spacial score (nSPS) is 22.8. The van der Waals surface area contributed by atoms with Gasteiger partial charge in [0.05, 0.1) is 6.10 Å². The minimum Gasteiger partial charge on any atom is -0.481 e. The Bertz CT molecular complexity index is 389. The monoisotopic (exact) mass is 324 g/mol. The highest BCUT2D eigenvalue weighted by atomic mass is 16.4. The molecule has 1 fully saturated rings. The van der Waals surface area contributed by atoms with Crippen molar-refractivity contribution in [2.45, 2.75) is 83.7 Å². The van der Waals surface area contributed by atoms with Crippen LogP contribution in [0.4, 0.5) is 0 Å². The van der Waals surface area contributed by atoms with Crippen molar-refractivity contribution >= 4 is 11.8 Å². The summed E-state index contributed by atoms with van der Waals surface area (Å²) in [4.78, 5) is 22.5. The number of rotatable bonds is 12. The number of hydrogen-bond acceptors (Lipinski definition) is 3. The van der Waals surface area contributed by atoms with Crippen LogP contribution in [0.25, 0.3) is 0 Å². The summed E-state index contributed by atoms with van der Waals surface area (Å²) in [6.07, 6.45) is 12.7. The molecule has 3 atom stereocenters. The predicted octanol–water partition coefficient (Wildman–Crippen LogP) is 4.11. The van der Waals surface area contributed by atoms with Crippen molar-refractivity contribution in [3.8, 4) is 0 Å². The first-order valence-electron chi connectivity index (χ1n) is 9.15. The Morgan fingerprint density at radius 1 is 1.26 bits per heavy atom. The van der Waals surface area contributed by atoms with E-state index in [0.717, 1.165) is 51.4 Å². The first-order chi connectivity index (χ1) is 11.0. The van der Waals surface area contributed by atoms with Crippen molar-refractivity contribution < 1.29 is 19.8 Å². The van der Waals surface area contributed by atoms with Gasteiger partial charge in [0.25, 0.3) is 0 Å². The van der Waals surface area contributed by atoms with Crippen molar-refractivity contribution in [1.82, 2.24) is 0 Å². The summed E-state index contributed by atoms with van der Waals surface area (Å²) in [7, 11) is 0. The van der Waals surface area contributed by atoms with Crippen LogP contribution >= 0.6 is 0 Å². The minimum absolute atomic E-state index is 0.0684. The number of hydrogen-bond donors (Lipinski definition) is 2. The van der Waals surface area contributed by atoms with E-state index >= 15 is 0 Å². The standard InChI is InChI=1S/C19H32O4/c1-2-3-5-8-16(20)13-11-15-12-14-18(21)17(15)9-6-4-7-10-19(22)23/h11,13,15-17,20H,2-10,12,14H2,1H3,(H,22,23). The van der Waals surface area contributed by atoms with Gasteiger partial charge in [-0.05, 0) is 31.6 Å². The summed E-state index contributed by atoms with van der Waals surface area (Å²) in [5.41, 5.74) is 0. The fourth-order valence-electron chi connectivity index (χ4n) is 3.33. The number of carbonyl (C=O) groups is 2. The van der Waals surface area contributed by atoms with E-state index in [2.05, 4.69) is 6.92 Å². The third-order valence-electron chi connectivity index (χ3n) is 4.74. The molecule has 0 spiro atoms. The van der Waals surface area contributed by atoms with E-state index in [-0.39, 0.29) is 18.3 Å². The first kappa shape index (κ1) is 19.9. The van der Waals surface area contributed by atoms with Crippen LogP contribution in [-0.4, -0.2) is 28.1 Å². The van der Waals surface area contributed by atoms with Crippen LogP contribution in [0.5, 0.6) is 0 Å². The Morgan fingerprint density at radius 3 is 2.74 bits per heavy atom. The van der Waals surface area contributed by atoms with Gasteiger partial charge in [-0.25, -0.2) is 0 Å². The molecule has 1 saturated carbocycles. The first-order valence-corrected chi connectivity index (χ1v) is 9.15. The van der Waals surface area contributed by atoms with Gasteiger partial charge >= 0.3 is 5.97 Å². The highest BCUT2D eigenvalue weighted by Gasteiger charge is 2.32. The zero-order valence-electron chi connectivity index (χ0n) is 14.4. The molecule has 0 amide bonds. The molecule has 1 aliphatic rings. The van der Waals surface area contributed by atoms with Crippen LogP contribution in [0, 0.1) is 11.8 Å². The molecule has 0 aliphatic heterocycles. The third-order valence-corrected chi connectivity index (χ3v) is 4.74. The fraction of sp³-hybridized carbons (Fsp3) is 0.789. The van der Waals surface area contributed by atoms with Gasteiger partial charge in [0.2, 0.25) is 0 Å². The molecule has 0 saturated heterocycles. The van der Waals surface area contributed by atoms with E-state index in [1.807, 2.05) is 12.2 Å². The second kappa shape index (κ2) is 11.4. The Kier molecular flexibility index (Phi) is 9.85. The summed E-state index contributed by atoms with van der Waals surface area (Å²) in [5, 5.41) is 18.6. The lowest BCUT2D eigenvalue weighted by molar-refractivity contribution is -0.137. The van der Waals surface area contributed by atoms with Gasteiger partial charge < -0.3 is 10.2 Å². The van der Waals surface area contributed by atoms with Gasteiger partial charge in [0.15, 0.2) is 0 Å². The lowest BCUT2D eigenvalue weighted by Crippen LogP contribution is -2.14. The second-order valence-corrected chi connectivity index (χ2v) is 6.72. The van der Waals surface area contributed by atoms with E-state index in [1.54, 1.807) is 0 Å². The molecular formula is C19H32O4. The molecule has 1 rings (SSSR count). The topological polar surface area (TPSA) is 74.6 Å². The molecule has 3 unspecified atom stereocenters. The maximum atomic E-state index is 12.0. The SMILES string of the molecule is CCCCCC(O)C=CC1CCC(=O)C1CCCCCC(=O)O. The van der Waals surface area contributed by atoms with E-state index in [9.17, 15) is 14.7 Å². The van der Waals surface area contributed by atoms with Crippen molar-refractivity contribution in [1.29, 1.82) is 0 Å². The lowest BCUT2D eigenvalue weighted by Gasteiger charge is -2.15. The highest BCUT2D eigenvalue weighted by molar-refractivity contribution is 5.83. The van der Waals surface area contributed by atoms with E-state index < -0.39 is 12.1 Å². The van der Waals surface area contributed by atoms with Crippen LogP contribution in [0.1, 0.15) is 77.6 Å². The Labute approximate surface area is 140 Å². The number of aliphatic hydroxyl groups excluding tert-OH is 1. The van der Waals surface area contributed by atoms with Crippen molar-refractivity contribution in [3.05, 3.63) is 12.2 Å². The average molecular weight is 324 g/mol. The molecule has 4 heteroatoms. The van der Waals surface area contributed by atoms with Gasteiger partial charge in [0, 0.05) is 18.8 Å². The molecule has 1 aliphatic carbocycles. The molecule has 0 aromatic rings. The maximum Gasteiger partial charge on any atom is 0.303 e. The number of carboxylic acid groups (broad SMARTS) is 1. The molecule has 23 heavy (non-hydrogen) atoms. The van der Waals surface area contributed by atoms with Gasteiger partial charge in [-0.15, -0.1) is 0 Å². The third kappa shape index (κ3) is 8.31. The molecule has 0 bridgehead atoms. The highest BCUT2D eigenvalue weighted by Crippen LogP contribution is 2.34. The number of carboxylic acids is 1. The number of unbranched alkanes of at least 4 members (excludes halogenated alkanes) is 4. The zero-order valence-corrected chi connectivity index (χ0v) is 14.4. The average Bonchev–Trinajstić information content (AvgIpc) is 2.85. The quantitative estimate of drug-likeness (QED) is 0.418.